The van der Waals surface area contributed by atoms with E-state index in [4.69, 9.17) is 10.5 Å². The normalized spacial score (nSPS) is 17.3. The molecule has 1 heterocycles. The number of ether oxygens (including phenoxy) is 1. The van der Waals surface area contributed by atoms with Crippen molar-refractivity contribution in [3.8, 4) is 5.75 Å². The number of benzene rings is 1. The van der Waals surface area contributed by atoms with E-state index in [0.717, 1.165) is 23.8 Å². The average Bonchev–Trinajstić information content (AvgIpc) is 2.44. The Hall–Kier alpha value is -1.22. The molecular formula is C17H28N2O. The average molecular weight is 276 g/mol. The van der Waals surface area contributed by atoms with Crippen LogP contribution in [0.5, 0.6) is 5.75 Å². The van der Waals surface area contributed by atoms with Crippen LogP contribution in [-0.4, -0.2) is 31.1 Å². The molecule has 1 aliphatic rings. The van der Waals surface area contributed by atoms with Gasteiger partial charge in [0.15, 0.2) is 0 Å². The molecule has 112 valence electrons. The van der Waals surface area contributed by atoms with E-state index >= 15 is 0 Å². The van der Waals surface area contributed by atoms with Gasteiger partial charge in [-0.25, -0.2) is 0 Å². The minimum absolute atomic E-state index is 0.664. The van der Waals surface area contributed by atoms with Crippen molar-refractivity contribution >= 4 is 5.69 Å². The maximum absolute atomic E-state index is 6.00. The number of aryl methyl sites for hydroxylation is 1. The van der Waals surface area contributed by atoms with E-state index in [1.54, 1.807) is 0 Å². The predicted molar refractivity (Wildman–Crippen MR) is 85.2 cm³/mol. The molecule has 0 aromatic heterocycles. The Labute approximate surface area is 123 Å². The molecule has 0 unspecified atom stereocenters. The topological polar surface area (TPSA) is 38.5 Å². The van der Waals surface area contributed by atoms with Gasteiger partial charge in [-0.3, -0.25) is 0 Å². The van der Waals surface area contributed by atoms with Crippen LogP contribution in [0.3, 0.4) is 0 Å². The number of likely N-dealkylation sites (tertiary alicyclic amines) is 1. The summed E-state index contributed by atoms with van der Waals surface area (Å²) in [6.45, 7) is 8.75. The molecule has 0 amide bonds. The van der Waals surface area contributed by atoms with Crippen LogP contribution in [0.25, 0.3) is 0 Å². The first-order chi connectivity index (χ1) is 9.69. The van der Waals surface area contributed by atoms with E-state index in [1.165, 1.54) is 44.5 Å². The first-order valence-electron chi connectivity index (χ1n) is 7.92. The van der Waals surface area contributed by atoms with E-state index in [2.05, 4.69) is 24.0 Å². The summed E-state index contributed by atoms with van der Waals surface area (Å²) in [7, 11) is 0. The van der Waals surface area contributed by atoms with Crippen molar-refractivity contribution in [3.63, 3.8) is 0 Å². The van der Waals surface area contributed by atoms with Crippen molar-refractivity contribution in [1.29, 1.82) is 0 Å². The van der Waals surface area contributed by atoms with Gasteiger partial charge in [0.05, 0.1) is 12.3 Å². The molecule has 3 nitrogen and oxygen atoms in total. The lowest BCUT2D eigenvalue weighted by atomic mass is 9.99. The van der Waals surface area contributed by atoms with Gasteiger partial charge in [0.2, 0.25) is 0 Å². The fourth-order valence-corrected chi connectivity index (χ4v) is 2.83. The highest BCUT2D eigenvalue weighted by Crippen LogP contribution is 2.23. The van der Waals surface area contributed by atoms with Gasteiger partial charge in [0, 0.05) is 0 Å². The molecule has 0 atom stereocenters. The minimum atomic E-state index is 0.664. The second-order valence-corrected chi connectivity index (χ2v) is 5.93. The number of hydrogen-bond acceptors (Lipinski definition) is 3. The van der Waals surface area contributed by atoms with Crippen LogP contribution in [0.1, 0.15) is 38.7 Å². The van der Waals surface area contributed by atoms with E-state index < -0.39 is 0 Å². The van der Waals surface area contributed by atoms with Crippen LogP contribution in [-0.2, 0) is 6.42 Å². The molecule has 0 aliphatic carbocycles. The van der Waals surface area contributed by atoms with Crippen LogP contribution >= 0.6 is 0 Å². The summed E-state index contributed by atoms with van der Waals surface area (Å²) < 4.78 is 5.47. The first kappa shape index (κ1) is 15.2. The molecule has 0 bridgehead atoms. The van der Waals surface area contributed by atoms with Crippen LogP contribution in [0.15, 0.2) is 18.2 Å². The number of nitrogen functional groups attached to an aromatic ring is 1. The highest BCUT2D eigenvalue weighted by molar-refractivity contribution is 5.54. The Morgan fingerprint density at radius 1 is 1.30 bits per heavy atom. The van der Waals surface area contributed by atoms with Gasteiger partial charge in [0.1, 0.15) is 5.75 Å². The Morgan fingerprint density at radius 3 is 2.70 bits per heavy atom. The van der Waals surface area contributed by atoms with Crippen LogP contribution in [0.4, 0.5) is 5.69 Å². The van der Waals surface area contributed by atoms with Crippen LogP contribution < -0.4 is 10.5 Å². The number of nitrogens with two attached hydrogens (primary N) is 1. The molecule has 0 saturated carbocycles. The molecule has 3 heteroatoms. The molecule has 2 N–H and O–H groups in total. The minimum Gasteiger partial charge on any atom is -0.492 e. The molecular weight excluding hydrogens is 248 g/mol. The maximum Gasteiger partial charge on any atom is 0.142 e. The zero-order valence-electron chi connectivity index (χ0n) is 12.9. The Kier molecular flexibility index (Phi) is 5.72. The Bertz CT molecular complexity index is 411. The summed E-state index contributed by atoms with van der Waals surface area (Å²) in [5.41, 5.74) is 8.08. The highest BCUT2D eigenvalue weighted by atomic mass is 16.5. The molecule has 20 heavy (non-hydrogen) atoms. The second-order valence-electron chi connectivity index (χ2n) is 5.93. The lowest BCUT2D eigenvalue weighted by Gasteiger charge is -2.30. The van der Waals surface area contributed by atoms with E-state index in [9.17, 15) is 0 Å². The van der Waals surface area contributed by atoms with Crippen molar-refractivity contribution < 1.29 is 4.74 Å². The van der Waals surface area contributed by atoms with Gasteiger partial charge in [-0.15, -0.1) is 0 Å². The van der Waals surface area contributed by atoms with Crippen LogP contribution in [0.2, 0.25) is 0 Å². The number of nitrogens with zero attached hydrogens (tertiary/aromatic N) is 1. The van der Waals surface area contributed by atoms with Gasteiger partial charge in [0.25, 0.3) is 0 Å². The lowest BCUT2D eigenvalue weighted by molar-refractivity contribution is 0.191. The summed E-state index contributed by atoms with van der Waals surface area (Å²) in [5, 5.41) is 0. The van der Waals surface area contributed by atoms with Crippen molar-refractivity contribution in [2.24, 2.45) is 5.92 Å². The molecule has 1 aliphatic heterocycles. The summed E-state index contributed by atoms with van der Waals surface area (Å²) in [6, 6.07) is 6.19. The second kappa shape index (κ2) is 7.53. The van der Waals surface area contributed by atoms with Gasteiger partial charge in [-0.05, 0) is 75.9 Å². The van der Waals surface area contributed by atoms with Gasteiger partial charge >= 0.3 is 0 Å². The fourth-order valence-electron chi connectivity index (χ4n) is 2.83. The quantitative estimate of drug-likeness (QED) is 0.810. The number of rotatable bonds is 6. The molecule has 2 rings (SSSR count). The maximum atomic E-state index is 6.00. The van der Waals surface area contributed by atoms with Crippen molar-refractivity contribution in [3.05, 3.63) is 23.8 Å². The predicted octanol–water partition coefficient (Wildman–Crippen LogP) is 3.33. The van der Waals surface area contributed by atoms with Gasteiger partial charge in [-0.1, -0.05) is 13.0 Å². The molecule has 0 radical (unpaired) electrons. The zero-order valence-corrected chi connectivity index (χ0v) is 12.9. The van der Waals surface area contributed by atoms with Crippen molar-refractivity contribution in [2.45, 2.75) is 39.5 Å². The largest absolute Gasteiger partial charge is 0.492 e. The summed E-state index contributed by atoms with van der Waals surface area (Å²) in [4.78, 5) is 2.60. The molecule has 0 spiro atoms. The lowest BCUT2D eigenvalue weighted by Crippen LogP contribution is -2.33. The number of hydrogen-bond donors (Lipinski definition) is 1. The van der Waals surface area contributed by atoms with E-state index in [0.29, 0.717) is 6.61 Å². The Morgan fingerprint density at radius 2 is 2.05 bits per heavy atom. The number of anilines is 1. The smallest absolute Gasteiger partial charge is 0.142 e. The van der Waals surface area contributed by atoms with Gasteiger partial charge < -0.3 is 15.4 Å². The molecule has 1 aromatic rings. The monoisotopic (exact) mass is 276 g/mol. The molecule has 1 saturated heterocycles. The summed E-state index contributed by atoms with van der Waals surface area (Å²) in [6.07, 6.45) is 5.02. The first-order valence-corrected chi connectivity index (χ1v) is 7.92. The van der Waals surface area contributed by atoms with E-state index in [-0.39, 0.29) is 0 Å². The van der Waals surface area contributed by atoms with Gasteiger partial charge in [-0.2, -0.15) is 0 Å². The van der Waals surface area contributed by atoms with Crippen LogP contribution in [0, 0.1) is 5.92 Å². The number of piperidine rings is 1. The highest BCUT2D eigenvalue weighted by Gasteiger charge is 2.14. The summed E-state index contributed by atoms with van der Waals surface area (Å²) >= 11 is 0. The third-order valence-corrected chi connectivity index (χ3v) is 4.19. The third-order valence-electron chi connectivity index (χ3n) is 4.19. The zero-order chi connectivity index (χ0) is 14.4. The van der Waals surface area contributed by atoms with Crippen molar-refractivity contribution in [2.75, 3.05) is 32.0 Å². The fraction of sp³-hybridized carbons (Fsp3) is 0.647. The van der Waals surface area contributed by atoms with E-state index in [1.807, 2.05) is 13.0 Å². The summed E-state index contributed by atoms with van der Waals surface area (Å²) in [5.74, 6) is 1.72. The standard InChI is InChI=1S/C17H28N2O/c1-3-20-17-7-6-15(13-16(17)18)5-4-10-19-11-8-14(2)9-12-19/h6-7,13-14H,3-5,8-12,18H2,1-2H3. The SMILES string of the molecule is CCOc1ccc(CCCN2CCC(C)CC2)cc1N. The molecule has 1 aromatic carbocycles. The molecule has 1 fully saturated rings. The Balaban J connectivity index is 1.75. The van der Waals surface area contributed by atoms with Crippen molar-refractivity contribution in [1.82, 2.24) is 4.90 Å². The third kappa shape index (κ3) is 4.41.